The van der Waals surface area contributed by atoms with Gasteiger partial charge in [-0.15, -0.1) is 11.3 Å². The molecule has 0 saturated carbocycles. The number of nitrogens with one attached hydrogen (secondary N) is 3. The van der Waals surface area contributed by atoms with Crippen LogP contribution in [0.15, 0.2) is 22.5 Å². The summed E-state index contributed by atoms with van der Waals surface area (Å²) in [5.41, 5.74) is 5.19. The molecule has 0 saturated heterocycles. The zero-order chi connectivity index (χ0) is 11.1. The average Bonchev–Trinajstić information content (AvgIpc) is 2.68. The molecular formula is C9H15N5S. The normalized spacial score (nSPS) is 11.1. The molecule has 1 heterocycles. The van der Waals surface area contributed by atoms with E-state index in [0.717, 1.165) is 13.0 Å². The van der Waals surface area contributed by atoms with Crippen LogP contribution in [0, 0.1) is 5.41 Å². The van der Waals surface area contributed by atoms with Crippen LogP contribution in [0.1, 0.15) is 4.88 Å². The molecule has 0 atom stereocenters. The first-order chi connectivity index (χ1) is 7.22. The van der Waals surface area contributed by atoms with E-state index >= 15 is 0 Å². The Morgan fingerprint density at radius 3 is 3.00 bits per heavy atom. The fraction of sp³-hybridized carbons (Fsp3) is 0.333. The van der Waals surface area contributed by atoms with E-state index in [1.165, 1.54) is 4.88 Å². The lowest BCUT2D eigenvalue weighted by Gasteiger charge is -2.09. The summed E-state index contributed by atoms with van der Waals surface area (Å²) < 4.78 is 0. The highest BCUT2D eigenvalue weighted by Crippen LogP contribution is 2.07. The van der Waals surface area contributed by atoms with Crippen LogP contribution in [0.25, 0.3) is 0 Å². The molecular weight excluding hydrogens is 210 g/mol. The first kappa shape index (κ1) is 11.5. The number of hydrogen-bond acceptors (Lipinski definition) is 3. The molecule has 0 aliphatic rings. The summed E-state index contributed by atoms with van der Waals surface area (Å²) in [7, 11) is 1.64. The third-order valence-electron chi connectivity index (χ3n) is 1.72. The van der Waals surface area contributed by atoms with Crippen molar-refractivity contribution < 1.29 is 0 Å². The van der Waals surface area contributed by atoms with E-state index < -0.39 is 0 Å². The van der Waals surface area contributed by atoms with E-state index in [1.807, 2.05) is 6.07 Å². The van der Waals surface area contributed by atoms with Gasteiger partial charge in [0.25, 0.3) is 0 Å². The van der Waals surface area contributed by atoms with Crippen molar-refractivity contribution in [2.45, 2.75) is 6.42 Å². The minimum absolute atomic E-state index is 0.112. The Morgan fingerprint density at radius 1 is 1.67 bits per heavy atom. The van der Waals surface area contributed by atoms with Gasteiger partial charge in [0.2, 0.25) is 0 Å². The molecule has 1 aromatic heterocycles. The molecule has 5 nitrogen and oxygen atoms in total. The monoisotopic (exact) mass is 225 g/mol. The first-order valence-electron chi connectivity index (χ1n) is 4.56. The maximum absolute atomic E-state index is 7.05. The zero-order valence-corrected chi connectivity index (χ0v) is 9.40. The maximum atomic E-state index is 7.05. The van der Waals surface area contributed by atoms with Crippen molar-refractivity contribution in [1.29, 1.82) is 5.41 Å². The van der Waals surface area contributed by atoms with Crippen LogP contribution >= 0.6 is 11.3 Å². The van der Waals surface area contributed by atoms with Crippen LogP contribution in [0.5, 0.6) is 0 Å². The predicted molar refractivity (Wildman–Crippen MR) is 64.4 cm³/mol. The molecule has 0 aromatic carbocycles. The summed E-state index contributed by atoms with van der Waals surface area (Å²) in [6.45, 7) is 0.771. The fourth-order valence-corrected chi connectivity index (χ4v) is 1.77. The molecule has 1 rings (SSSR count). The fourth-order valence-electron chi connectivity index (χ4n) is 1.07. The minimum Gasteiger partial charge on any atom is -0.370 e. The lowest BCUT2D eigenvalue weighted by molar-refractivity contribution is 0.854. The Labute approximate surface area is 92.9 Å². The van der Waals surface area contributed by atoms with Crippen LogP contribution in [0.3, 0.4) is 0 Å². The Hall–Kier alpha value is -1.56. The van der Waals surface area contributed by atoms with E-state index in [0.29, 0.717) is 5.96 Å². The van der Waals surface area contributed by atoms with Crippen molar-refractivity contribution in [3.63, 3.8) is 0 Å². The van der Waals surface area contributed by atoms with E-state index in [-0.39, 0.29) is 5.96 Å². The molecule has 0 unspecified atom stereocenters. The standard InChI is InChI=1S/C9H15N5S/c1-12-9(14-8(10)11)13-5-4-7-3-2-6-15-7/h2-3,6H,4-5H2,1H3,(H5,10,11,12,13,14). The van der Waals surface area contributed by atoms with Gasteiger partial charge in [0, 0.05) is 18.5 Å². The topological polar surface area (TPSA) is 86.3 Å². The van der Waals surface area contributed by atoms with E-state index in [9.17, 15) is 0 Å². The third-order valence-corrected chi connectivity index (χ3v) is 2.66. The minimum atomic E-state index is -0.112. The number of rotatable bonds is 3. The SMILES string of the molecule is C/N=C(/NCCc1cccs1)NC(=N)N. The van der Waals surface area contributed by atoms with Gasteiger partial charge in [0.05, 0.1) is 0 Å². The third kappa shape index (κ3) is 4.46. The Bertz CT molecular complexity index is 330. The number of nitrogens with two attached hydrogens (primary N) is 1. The van der Waals surface area contributed by atoms with Gasteiger partial charge in [-0.05, 0) is 17.9 Å². The van der Waals surface area contributed by atoms with Gasteiger partial charge in [-0.25, -0.2) is 0 Å². The molecule has 0 bridgehead atoms. The Balaban J connectivity index is 2.26. The van der Waals surface area contributed by atoms with Crippen LogP contribution in [0.2, 0.25) is 0 Å². The molecule has 0 amide bonds. The van der Waals surface area contributed by atoms with Crippen LogP contribution in [0.4, 0.5) is 0 Å². The van der Waals surface area contributed by atoms with Crippen LogP contribution < -0.4 is 16.4 Å². The molecule has 5 N–H and O–H groups in total. The van der Waals surface area contributed by atoms with Gasteiger partial charge in [0.15, 0.2) is 11.9 Å². The van der Waals surface area contributed by atoms with Crippen molar-refractivity contribution in [1.82, 2.24) is 10.6 Å². The predicted octanol–water partition coefficient (Wildman–Crippen LogP) is 0.349. The van der Waals surface area contributed by atoms with Gasteiger partial charge < -0.3 is 11.1 Å². The summed E-state index contributed by atoms with van der Waals surface area (Å²) in [5, 5.41) is 14.8. The van der Waals surface area contributed by atoms with Gasteiger partial charge in [-0.3, -0.25) is 15.7 Å². The summed E-state index contributed by atoms with van der Waals surface area (Å²) in [6, 6.07) is 4.12. The van der Waals surface area contributed by atoms with Crippen molar-refractivity contribution in [3.8, 4) is 0 Å². The lowest BCUT2D eigenvalue weighted by atomic mass is 10.3. The molecule has 1 aromatic rings. The van der Waals surface area contributed by atoms with Crippen molar-refractivity contribution in [2.24, 2.45) is 10.7 Å². The number of guanidine groups is 2. The molecule has 82 valence electrons. The number of nitrogens with zero attached hydrogens (tertiary/aromatic N) is 1. The van der Waals surface area contributed by atoms with Gasteiger partial charge >= 0.3 is 0 Å². The quantitative estimate of drug-likeness (QED) is 0.442. The van der Waals surface area contributed by atoms with Gasteiger partial charge in [0.1, 0.15) is 0 Å². The summed E-state index contributed by atoms with van der Waals surface area (Å²) in [5.74, 6) is 0.415. The highest BCUT2D eigenvalue weighted by atomic mass is 32.1. The average molecular weight is 225 g/mol. The van der Waals surface area contributed by atoms with Crippen molar-refractivity contribution >= 4 is 23.3 Å². The number of aliphatic imine (C=N–C) groups is 1. The molecule has 0 aliphatic carbocycles. The van der Waals surface area contributed by atoms with E-state index in [1.54, 1.807) is 18.4 Å². The van der Waals surface area contributed by atoms with Gasteiger partial charge in [-0.2, -0.15) is 0 Å². The molecule has 0 radical (unpaired) electrons. The first-order valence-corrected chi connectivity index (χ1v) is 5.44. The second kappa shape index (κ2) is 6.02. The maximum Gasteiger partial charge on any atom is 0.197 e. The van der Waals surface area contributed by atoms with Crippen LogP contribution in [-0.4, -0.2) is 25.5 Å². The summed E-state index contributed by atoms with van der Waals surface area (Å²) >= 11 is 1.73. The number of thiophene rings is 1. The van der Waals surface area contributed by atoms with Crippen molar-refractivity contribution in [2.75, 3.05) is 13.6 Å². The smallest absolute Gasteiger partial charge is 0.197 e. The molecule has 0 spiro atoms. The molecule has 6 heteroatoms. The Kier molecular flexibility index (Phi) is 4.62. The highest BCUT2D eigenvalue weighted by Gasteiger charge is 1.98. The summed E-state index contributed by atoms with van der Waals surface area (Å²) in [4.78, 5) is 5.24. The largest absolute Gasteiger partial charge is 0.370 e. The Morgan fingerprint density at radius 2 is 2.47 bits per heavy atom. The molecule has 0 fully saturated rings. The number of hydrogen-bond donors (Lipinski definition) is 4. The second-order valence-corrected chi connectivity index (χ2v) is 3.90. The van der Waals surface area contributed by atoms with Crippen LogP contribution in [-0.2, 0) is 6.42 Å². The lowest BCUT2D eigenvalue weighted by Crippen LogP contribution is -2.44. The van der Waals surface area contributed by atoms with E-state index in [2.05, 4.69) is 27.1 Å². The molecule has 0 aliphatic heterocycles. The summed E-state index contributed by atoms with van der Waals surface area (Å²) in [6.07, 6.45) is 0.941. The zero-order valence-electron chi connectivity index (χ0n) is 8.58. The second-order valence-electron chi connectivity index (χ2n) is 2.87. The van der Waals surface area contributed by atoms with Gasteiger partial charge in [-0.1, -0.05) is 6.07 Å². The highest BCUT2D eigenvalue weighted by molar-refractivity contribution is 7.09. The molecule has 15 heavy (non-hydrogen) atoms. The van der Waals surface area contributed by atoms with Crippen molar-refractivity contribution in [3.05, 3.63) is 22.4 Å². The van der Waals surface area contributed by atoms with E-state index in [4.69, 9.17) is 11.1 Å².